The number of amides is 1. The highest BCUT2D eigenvalue weighted by atomic mass is 79.9. The molecular formula is C18H21BrN4O4. The van der Waals surface area contributed by atoms with Gasteiger partial charge in [-0.15, -0.1) is 0 Å². The summed E-state index contributed by atoms with van der Waals surface area (Å²) < 4.78 is 7.87. The van der Waals surface area contributed by atoms with Gasteiger partial charge in [-0.3, -0.25) is 4.79 Å². The summed E-state index contributed by atoms with van der Waals surface area (Å²) in [7, 11) is 0. The first-order chi connectivity index (χ1) is 12.6. The van der Waals surface area contributed by atoms with Crippen molar-refractivity contribution in [3.8, 4) is 5.69 Å². The first-order valence-electron chi connectivity index (χ1n) is 8.55. The van der Waals surface area contributed by atoms with Crippen molar-refractivity contribution in [1.82, 2.24) is 19.7 Å². The van der Waals surface area contributed by atoms with Crippen LogP contribution in [0, 0.1) is 0 Å². The normalized spacial score (nSPS) is 14.0. The van der Waals surface area contributed by atoms with E-state index < -0.39 is 17.7 Å². The molecule has 1 amide bonds. The molecule has 1 aliphatic rings. The summed E-state index contributed by atoms with van der Waals surface area (Å²) >= 11 is 3.30. The van der Waals surface area contributed by atoms with Crippen LogP contribution in [0.15, 0.2) is 22.9 Å². The highest BCUT2D eigenvalue weighted by Gasteiger charge is 2.31. The molecule has 0 saturated carbocycles. The minimum atomic E-state index is -0.967. The van der Waals surface area contributed by atoms with Crippen molar-refractivity contribution in [1.29, 1.82) is 0 Å². The van der Waals surface area contributed by atoms with Gasteiger partial charge in [-0.1, -0.05) is 0 Å². The quantitative estimate of drug-likeness (QED) is 0.742. The Labute approximate surface area is 165 Å². The van der Waals surface area contributed by atoms with Gasteiger partial charge in [0.1, 0.15) is 10.2 Å². The molecule has 0 radical (unpaired) electrons. The second-order valence-corrected chi connectivity index (χ2v) is 8.16. The third-order valence-corrected chi connectivity index (χ3v) is 4.54. The van der Waals surface area contributed by atoms with Crippen LogP contribution in [-0.4, -0.2) is 49.0 Å². The van der Waals surface area contributed by atoms with E-state index in [9.17, 15) is 14.7 Å². The van der Waals surface area contributed by atoms with E-state index >= 15 is 0 Å². The molecule has 0 spiro atoms. The topological polar surface area (TPSA) is 97.5 Å². The van der Waals surface area contributed by atoms with Gasteiger partial charge in [0, 0.05) is 18.5 Å². The number of carbonyl (C=O) groups excluding carboxylic acids is 1. The van der Waals surface area contributed by atoms with E-state index in [-0.39, 0.29) is 13.0 Å². The van der Waals surface area contributed by atoms with Crippen LogP contribution in [0.1, 0.15) is 37.7 Å². The largest absolute Gasteiger partial charge is 0.481 e. The average molecular weight is 437 g/mol. The molecule has 0 fully saturated rings. The Morgan fingerprint density at radius 2 is 2.07 bits per heavy atom. The Bertz CT molecular complexity index is 871. The molecule has 0 aromatic carbocycles. The predicted molar refractivity (Wildman–Crippen MR) is 101 cm³/mol. The minimum absolute atomic E-state index is 0.207. The molecule has 9 heteroatoms. The molecule has 144 valence electrons. The highest BCUT2D eigenvalue weighted by Crippen LogP contribution is 2.27. The van der Waals surface area contributed by atoms with Crippen LogP contribution in [0.5, 0.6) is 0 Å². The Kier molecular flexibility index (Phi) is 5.23. The summed E-state index contributed by atoms with van der Waals surface area (Å²) in [5, 5.41) is 13.7. The van der Waals surface area contributed by atoms with Gasteiger partial charge in [-0.25, -0.2) is 14.5 Å². The number of carbonyl (C=O) groups is 2. The lowest BCUT2D eigenvalue weighted by atomic mass is 10.0. The Morgan fingerprint density at radius 1 is 1.33 bits per heavy atom. The minimum Gasteiger partial charge on any atom is -0.481 e. The molecule has 27 heavy (non-hydrogen) atoms. The van der Waals surface area contributed by atoms with Gasteiger partial charge < -0.3 is 14.7 Å². The second-order valence-electron chi connectivity index (χ2n) is 7.35. The van der Waals surface area contributed by atoms with Crippen LogP contribution < -0.4 is 0 Å². The average Bonchev–Trinajstić information content (AvgIpc) is 2.91. The molecule has 3 heterocycles. The molecule has 2 aromatic rings. The van der Waals surface area contributed by atoms with E-state index in [1.165, 1.54) is 0 Å². The number of hydrogen-bond acceptors (Lipinski definition) is 5. The summed E-state index contributed by atoms with van der Waals surface area (Å²) in [4.78, 5) is 29.5. The van der Waals surface area contributed by atoms with Crippen molar-refractivity contribution in [3.63, 3.8) is 0 Å². The molecule has 1 N–H and O–H groups in total. The number of aliphatic carboxylic acids is 1. The summed E-state index contributed by atoms with van der Waals surface area (Å²) in [6.07, 6.45) is 1.61. The molecule has 0 bridgehead atoms. The smallest absolute Gasteiger partial charge is 0.410 e. The van der Waals surface area contributed by atoms with E-state index in [4.69, 9.17) is 4.74 Å². The maximum absolute atomic E-state index is 12.4. The zero-order valence-corrected chi connectivity index (χ0v) is 17.0. The number of carboxylic acid groups (broad SMARTS) is 1. The SMILES string of the molecule is CC(C)(C)OC(=O)N1CCc2c(c(CC(=O)O)nn2-c2ccc(Br)nc2)C1. The van der Waals surface area contributed by atoms with Gasteiger partial charge in [0.15, 0.2) is 0 Å². The van der Waals surface area contributed by atoms with Crippen molar-refractivity contribution in [2.24, 2.45) is 0 Å². The molecule has 1 aliphatic heterocycles. The number of aromatic nitrogens is 3. The van der Waals surface area contributed by atoms with Gasteiger partial charge in [0.2, 0.25) is 0 Å². The molecule has 0 aliphatic carbocycles. The molecule has 3 rings (SSSR count). The Hall–Kier alpha value is -2.42. The molecule has 8 nitrogen and oxygen atoms in total. The maximum atomic E-state index is 12.4. The summed E-state index contributed by atoms with van der Waals surface area (Å²) in [5.74, 6) is -0.967. The summed E-state index contributed by atoms with van der Waals surface area (Å²) in [6, 6.07) is 3.66. The zero-order chi connectivity index (χ0) is 19.8. The fourth-order valence-electron chi connectivity index (χ4n) is 2.96. The van der Waals surface area contributed by atoms with Gasteiger partial charge in [0.25, 0.3) is 0 Å². The monoisotopic (exact) mass is 436 g/mol. The fourth-order valence-corrected chi connectivity index (χ4v) is 3.19. The first kappa shape index (κ1) is 19.3. The maximum Gasteiger partial charge on any atom is 0.410 e. The van der Waals surface area contributed by atoms with Crippen molar-refractivity contribution >= 4 is 28.0 Å². The van der Waals surface area contributed by atoms with Crippen LogP contribution in [0.25, 0.3) is 5.69 Å². The molecule has 0 saturated heterocycles. The van der Waals surface area contributed by atoms with Crippen molar-refractivity contribution in [2.75, 3.05) is 6.54 Å². The number of fused-ring (bicyclic) bond motifs is 1. The second kappa shape index (κ2) is 7.30. The number of hydrogen-bond donors (Lipinski definition) is 1. The summed E-state index contributed by atoms with van der Waals surface area (Å²) in [5.41, 5.74) is 2.27. The lowest BCUT2D eigenvalue weighted by molar-refractivity contribution is -0.136. The van der Waals surface area contributed by atoms with Gasteiger partial charge >= 0.3 is 12.1 Å². The van der Waals surface area contributed by atoms with Gasteiger partial charge in [0.05, 0.1) is 36.2 Å². The predicted octanol–water partition coefficient (Wildman–Crippen LogP) is 2.95. The van der Waals surface area contributed by atoms with Crippen molar-refractivity contribution in [3.05, 3.63) is 39.9 Å². The third kappa shape index (κ3) is 4.47. The van der Waals surface area contributed by atoms with E-state index in [1.54, 1.807) is 21.8 Å². The number of halogens is 1. The Morgan fingerprint density at radius 3 is 2.67 bits per heavy atom. The number of rotatable bonds is 3. The number of ether oxygens (including phenoxy) is 1. The van der Waals surface area contributed by atoms with E-state index in [0.717, 1.165) is 16.9 Å². The number of nitrogens with zero attached hydrogens (tertiary/aromatic N) is 4. The van der Waals surface area contributed by atoms with Crippen LogP contribution >= 0.6 is 15.9 Å². The lowest BCUT2D eigenvalue weighted by Gasteiger charge is -2.30. The van der Waals surface area contributed by atoms with Gasteiger partial charge in [-0.2, -0.15) is 5.10 Å². The van der Waals surface area contributed by atoms with E-state index in [0.29, 0.717) is 23.3 Å². The van der Waals surface area contributed by atoms with Crippen LogP contribution in [0.2, 0.25) is 0 Å². The lowest BCUT2D eigenvalue weighted by Crippen LogP contribution is -2.40. The zero-order valence-electron chi connectivity index (χ0n) is 15.4. The number of carboxylic acids is 1. The van der Waals surface area contributed by atoms with E-state index in [1.807, 2.05) is 26.8 Å². The van der Waals surface area contributed by atoms with Crippen LogP contribution in [0.4, 0.5) is 4.79 Å². The van der Waals surface area contributed by atoms with Crippen LogP contribution in [-0.2, 0) is 28.9 Å². The van der Waals surface area contributed by atoms with Crippen molar-refractivity contribution in [2.45, 2.75) is 45.8 Å². The molecule has 0 atom stereocenters. The van der Waals surface area contributed by atoms with Crippen molar-refractivity contribution < 1.29 is 19.4 Å². The molecular weight excluding hydrogens is 416 g/mol. The standard InChI is InChI=1S/C18H21BrN4O4/c1-18(2,3)27-17(26)22-7-6-14-12(10-22)13(8-16(24)25)21-23(14)11-4-5-15(19)20-9-11/h4-5,9H,6-8,10H2,1-3H3,(H,24,25). The third-order valence-electron chi connectivity index (χ3n) is 4.07. The Balaban J connectivity index is 1.95. The molecule has 2 aromatic heterocycles. The van der Waals surface area contributed by atoms with Gasteiger partial charge in [-0.05, 0) is 48.8 Å². The fraction of sp³-hybridized carbons (Fsp3) is 0.444. The number of pyridine rings is 1. The highest BCUT2D eigenvalue weighted by molar-refractivity contribution is 9.10. The van der Waals surface area contributed by atoms with Crippen LogP contribution in [0.3, 0.4) is 0 Å². The van der Waals surface area contributed by atoms with E-state index in [2.05, 4.69) is 26.0 Å². The summed E-state index contributed by atoms with van der Waals surface area (Å²) in [6.45, 7) is 6.19. The molecule has 0 unspecified atom stereocenters. The first-order valence-corrected chi connectivity index (χ1v) is 9.34.